The highest BCUT2D eigenvalue weighted by atomic mass is 16.4. The summed E-state index contributed by atoms with van der Waals surface area (Å²) in [6, 6.07) is 8.07. The van der Waals surface area contributed by atoms with Gasteiger partial charge >= 0.3 is 5.97 Å². The van der Waals surface area contributed by atoms with Gasteiger partial charge in [0.25, 0.3) is 0 Å². The van der Waals surface area contributed by atoms with E-state index in [1.807, 2.05) is 31.2 Å². The number of nitrogens with one attached hydrogen (secondary N) is 1. The number of benzene rings is 1. The number of amides is 1. The number of aryl methyl sites for hydroxylation is 1. The first-order valence-electron chi connectivity index (χ1n) is 8.07. The molecule has 2 fully saturated rings. The molecule has 0 aliphatic heterocycles. The van der Waals surface area contributed by atoms with Crippen molar-refractivity contribution < 1.29 is 14.7 Å². The van der Waals surface area contributed by atoms with Gasteiger partial charge in [0, 0.05) is 17.9 Å². The zero-order valence-corrected chi connectivity index (χ0v) is 13.3. The number of carboxylic acid groups (broad SMARTS) is 1. The molecule has 2 aliphatic rings. The van der Waals surface area contributed by atoms with Gasteiger partial charge in [-0.05, 0) is 49.5 Å². The van der Waals surface area contributed by atoms with Crippen molar-refractivity contribution in [3.8, 4) is 0 Å². The Balaban J connectivity index is 1.67. The molecule has 23 heavy (non-hydrogen) atoms. The summed E-state index contributed by atoms with van der Waals surface area (Å²) in [5.41, 5.74) is 5.95. The van der Waals surface area contributed by atoms with Crippen molar-refractivity contribution in [2.45, 2.75) is 39.0 Å². The highest BCUT2D eigenvalue weighted by Gasteiger charge is 2.54. The van der Waals surface area contributed by atoms with E-state index in [-0.39, 0.29) is 6.42 Å². The molecule has 1 spiro atoms. The Labute approximate surface area is 135 Å². The molecule has 0 aromatic heterocycles. The van der Waals surface area contributed by atoms with Gasteiger partial charge in [-0.15, -0.1) is 0 Å². The Hall–Kier alpha value is -2.17. The maximum absolute atomic E-state index is 10.8. The number of hydrogen-bond acceptors (Lipinski definition) is 3. The number of carbonyl (C=O) groups excluding carboxylic acids is 1. The maximum atomic E-state index is 10.8. The summed E-state index contributed by atoms with van der Waals surface area (Å²) in [7, 11) is 0. The lowest BCUT2D eigenvalue weighted by Crippen LogP contribution is -2.50. The van der Waals surface area contributed by atoms with Crippen LogP contribution in [0.5, 0.6) is 0 Å². The third kappa shape index (κ3) is 3.14. The Morgan fingerprint density at radius 3 is 2.65 bits per heavy atom. The van der Waals surface area contributed by atoms with E-state index in [0.717, 1.165) is 42.5 Å². The second-order valence-corrected chi connectivity index (χ2v) is 7.04. The second-order valence-electron chi connectivity index (χ2n) is 7.04. The first kappa shape index (κ1) is 15.7. The van der Waals surface area contributed by atoms with Crippen LogP contribution >= 0.6 is 0 Å². The summed E-state index contributed by atoms with van der Waals surface area (Å²) in [6.45, 7) is 2.05. The van der Waals surface area contributed by atoms with Crippen LogP contribution < -0.4 is 5.43 Å². The molecule has 1 aromatic rings. The SMILES string of the molecule is Cc1ccccc1/C(=N\NC=O)C1CC2(CC(CC(=O)O)C2)C1. The van der Waals surface area contributed by atoms with E-state index in [4.69, 9.17) is 5.11 Å². The number of hydrazone groups is 1. The van der Waals surface area contributed by atoms with Gasteiger partial charge in [-0.1, -0.05) is 24.3 Å². The zero-order valence-electron chi connectivity index (χ0n) is 13.3. The van der Waals surface area contributed by atoms with Crippen LogP contribution in [0.2, 0.25) is 0 Å². The van der Waals surface area contributed by atoms with E-state index in [0.29, 0.717) is 23.7 Å². The van der Waals surface area contributed by atoms with Crippen LogP contribution in [0.15, 0.2) is 29.4 Å². The van der Waals surface area contributed by atoms with E-state index in [9.17, 15) is 9.59 Å². The molecule has 5 nitrogen and oxygen atoms in total. The molecule has 2 aliphatic carbocycles. The Bertz CT molecular complexity index is 639. The Morgan fingerprint density at radius 2 is 2.04 bits per heavy atom. The van der Waals surface area contributed by atoms with Crippen molar-refractivity contribution in [3.63, 3.8) is 0 Å². The first-order valence-corrected chi connectivity index (χ1v) is 8.07. The summed E-state index contributed by atoms with van der Waals surface area (Å²) < 4.78 is 0. The molecule has 0 bridgehead atoms. The van der Waals surface area contributed by atoms with Gasteiger partial charge in [0.1, 0.15) is 0 Å². The average molecular weight is 314 g/mol. The fourth-order valence-electron chi connectivity index (χ4n) is 4.40. The van der Waals surface area contributed by atoms with Crippen molar-refractivity contribution >= 4 is 18.1 Å². The molecular weight excluding hydrogens is 292 g/mol. The molecule has 1 amide bonds. The average Bonchev–Trinajstić information content (AvgIpc) is 2.43. The molecule has 0 radical (unpaired) electrons. The molecule has 5 heteroatoms. The number of nitrogens with zero attached hydrogens (tertiary/aromatic N) is 1. The van der Waals surface area contributed by atoms with E-state index in [2.05, 4.69) is 10.5 Å². The van der Waals surface area contributed by atoms with Crippen LogP contribution in [-0.2, 0) is 9.59 Å². The monoisotopic (exact) mass is 314 g/mol. The number of carboxylic acids is 1. The molecular formula is C18H22N2O3. The molecule has 3 rings (SSSR count). The minimum atomic E-state index is -0.696. The molecule has 2 saturated carbocycles. The van der Waals surface area contributed by atoms with Crippen molar-refractivity contribution in [1.29, 1.82) is 0 Å². The molecule has 122 valence electrons. The number of rotatable bonds is 6. The van der Waals surface area contributed by atoms with Crippen molar-refractivity contribution in [2.75, 3.05) is 0 Å². The lowest BCUT2D eigenvalue weighted by Gasteiger charge is -2.58. The van der Waals surface area contributed by atoms with Crippen LogP contribution in [0.1, 0.15) is 43.2 Å². The summed E-state index contributed by atoms with van der Waals surface area (Å²) >= 11 is 0. The third-order valence-corrected chi connectivity index (χ3v) is 5.31. The van der Waals surface area contributed by atoms with Crippen LogP contribution in [-0.4, -0.2) is 23.2 Å². The Morgan fingerprint density at radius 1 is 1.35 bits per heavy atom. The quantitative estimate of drug-likeness (QED) is 0.481. The number of aliphatic carboxylic acids is 1. The minimum Gasteiger partial charge on any atom is -0.481 e. The number of carbonyl (C=O) groups is 2. The molecule has 0 unspecified atom stereocenters. The van der Waals surface area contributed by atoms with Gasteiger partial charge in [0.2, 0.25) is 6.41 Å². The van der Waals surface area contributed by atoms with E-state index < -0.39 is 5.97 Å². The first-order chi connectivity index (χ1) is 11.0. The van der Waals surface area contributed by atoms with Crippen LogP contribution in [0.4, 0.5) is 0 Å². The van der Waals surface area contributed by atoms with Crippen molar-refractivity contribution in [1.82, 2.24) is 5.43 Å². The van der Waals surface area contributed by atoms with Gasteiger partial charge in [0.05, 0.1) is 5.71 Å². The zero-order chi connectivity index (χ0) is 16.4. The predicted octanol–water partition coefficient (Wildman–Crippen LogP) is 2.73. The fraction of sp³-hybridized carbons (Fsp3) is 0.500. The van der Waals surface area contributed by atoms with Crippen LogP contribution in [0.3, 0.4) is 0 Å². The lowest BCUT2D eigenvalue weighted by atomic mass is 9.47. The largest absolute Gasteiger partial charge is 0.481 e. The fourth-order valence-corrected chi connectivity index (χ4v) is 4.40. The minimum absolute atomic E-state index is 0.290. The molecule has 1 aromatic carbocycles. The normalized spacial score (nSPS) is 29.5. The summed E-state index contributed by atoms with van der Waals surface area (Å²) in [6.07, 6.45) is 4.99. The topological polar surface area (TPSA) is 78.8 Å². The van der Waals surface area contributed by atoms with Gasteiger partial charge in [0.15, 0.2) is 0 Å². The Kier molecular flexibility index (Phi) is 4.20. The second kappa shape index (κ2) is 6.14. The maximum Gasteiger partial charge on any atom is 0.303 e. The molecule has 0 atom stereocenters. The van der Waals surface area contributed by atoms with Crippen LogP contribution in [0.25, 0.3) is 0 Å². The number of hydrogen-bond donors (Lipinski definition) is 2. The lowest BCUT2D eigenvalue weighted by molar-refractivity contribution is -0.142. The molecule has 0 heterocycles. The summed E-state index contributed by atoms with van der Waals surface area (Å²) in [5, 5.41) is 13.2. The van der Waals surface area contributed by atoms with E-state index in [1.54, 1.807) is 0 Å². The standard InChI is InChI=1S/C18H22N2O3/c1-12-4-2-3-5-15(12)17(20-19-11-21)14-9-18(10-14)7-13(8-18)6-16(22)23/h2-5,11,13-14H,6-10H2,1H3,(H,19,21)(H,22,23)/b20-17-. The molecule has 0 saturated heterocycles. The van der Waals surface area contributed by atoms with Crippen molar-refractivity contribution in [2.24, 2.45) is 22.4 Å². The third-order valence-electron chi connectivity index (χ3n) is 5.31. The van der Waals surface area contributed by atoms with E-state index >= 15 is 0 Å². The van der Waals surface area contributed by atoms with E-state index in [1.165, 1.54) is 0 Å². The van der Waals surface area contributed by atoms with Crippen molar-refractivity contribution in [3.05, 3.63) is 35.4 Å². The van der Waals surface area contributed by atoms with Gasteiger partial charge in [-0.25, -0.2) is 5.43 Å². The summed E-state index contributed by atoms with van der Waals surface area (Å²) in [4.78, 5) is 21.4. The highest BCUT2D eigenvalue weighted by Crippen LogP contribution is 2.62. The van der Waals surface area contributed by atoms with Crippen LogP contribution in [0, 0.1) is 24.2 Å². The van der Waals surface area contributed by atoms with Gasteiger partial charge < -0.3 is 5.11 Å². The van der Waals surface area contributed by atoms with Gasteiger partial charge in [-0.3, -0.25) is 9.59 Å². The highest BCUT2D eigenvalue weighted by molar-refractivity contribution is 6.04. The predicted molar refractivity (Wildman–Crippen MR) is 87.0 cm³/mol. The molecule has 2 N–H and O–H groups in total. The smallest absolute Gasteiger partial charge is 0.303 e. The van der Waals surface area contributed by atoms with Gasteiger partial charge in [-0.2, -0.15) is 5.10 Å². The summed E-state index contributed by atoms with van der Waals surface area (Å²) in [5.74, 6) is -0.0206.